The predicted octanol–water partition coefficient (Wildman–Crippen LogP) is 1.71. The molecule has 0 aromatic heterocycles. The highest BCUT2D eigenvalue weighted by atomic mass is 16.5. The molecule has 1 aromatic rings. The fourth-order valence-electron chi connectivity index (χ4n) is 4.74. The van der Waals surface area contributed by atoms with E-state index >= 15 is 0 Å². The van der Waals surface area contributed by atoms with Crippen molar-refractivity contribution >= 4 is 11.9 Å². The van der Waals surface area contributed by atoms with Crippen molar-refractivity contribution in [2.45, 2.75) is 18.3 Å². The van der Waals surface area contributed by atoms with Crippen molar-refractivity contribution in [1.82, 2.24) is 0 Å². The second-order valence-corrected chi connectivity index (χ2v) is 6.32. The maximum Gasteiger partial charge on any atom is 0.329 e. The average molecular weight is 324 g/mol. The molecule has 0 heterocycles. The van der Waals surface area contributed by atoms with Crippen molar-refractivity contribution in [2.75, 3.05) is 14.2 Å². The highest BCUT2D eigenvalue weighted by Gasteiger charge is 2.87. The smallest absolute Gasteiger partial charge is 0.329 e. The quantitative estimate of drug-likeness (QED) is 0.785. The van der Waals surface area contributed by atoms with E-state index in [2.05, 4.69) is 0 Å². The molecule has 0 saturated heterocycles. The Kier molecular flexibility index (Phi) is 3.38. The maximum atomic E-state index is 12.8. The number of benzene rings is 1. The van der Waals surface area contributed by atoms with Gasteiger partial charge in [0.1, 0.15) is 0 Å². The van der Waals surface area contributed by atoms with Crippen molar-refractivity contribution < 1.29 is 19.1 Å². The van der Waals surface area contributed by atoms with Crippen LogP contribution in [0.25, 0.3) is 0 Å². The molecule has 1 aromatic carbocycles. The molecule has 6 nitrogen and oxygen atoms in total. The Bertz CT molecular complexity index is 785. The van der Waals surface area contributed by atoms with Gasteiger partial charge in [-0.25, -0.2) is 0 Å². The third-order valence-corrected chi connectivity index (χ3v) is 5.78. The van der Waals surface area contributed by atoms with Gasteiger partial charge in [-0.1, -0.05) is 30.3 Å². The molecule has 0 N–H and O–H groups in total. The van der Waals surface area contributed by atoms with E-state index in [0.717, 1.165) is 19.8 Å². The molecule has 122 valence electrons. The molecule has 0 unspecified atom stereocenters. The Morgan fingerprint density at radius 1 is 1.04 bits per heavy atom. The first-order valence-corrected chi connectivity index (χ1v) is 7.55. The first kappa shape index (κ1) is 16.0. The van der Waals surface area contributed by atoms with Crippen LogP contribution in [0.5, 0.6) is 0 Å². The SMILES string of the molecule is COC(=O)[C@@]1(C#N)C2CC(c3ccccc3)(C2)[C@]1(C#N)C(=O)OC. The number of hydrogen-bond acceptors (Lipinski definition) is 6. The molecule has 2 bridgehead atoms. The van der Waals surface area contributed by atoms with Gasteiger partial charge in [0.25, 0.3) is 0 Å². The van der Waals surface area contributed by atoms with E-state index in [0.29, 0.717) is 12.8 Å². The fraction of sp³-hybridized carbons (Fsp3) is 0.444. The largest absolute Gasteiger partial charge is 0.468 e. The zero-order chi connectivity index (χ0) is 17.6. The third kappa shape index (κ3) is 1.40. The Hall–Kier alpha value is -2.86. The van der Waals surface area contributed by atoms with Crippen molar-refractivity contribution in [3.8, 4) is 12.1 Å². The first-order valence-electron chi connectivity index (χ1n) is 7.55. The maximum absolute atomic E-state index is 12.8. The summed E-state index contributed by atoms with van der Waals surface area (Å²) >= 11 is 0. The standard InChI is InChI=1S/C18H16N2O4/c1-23-14(21)17(10-19)13-8-16(9-13,12-6-4-3-5-7-12)18(17,11-20)15(22)24-2/h3-7,13H,8-9H2,1-2H3/t13?,16?,17-,18+/m1/s1. The van der Waals surface area contributed by atoms with Gasteiger partial charge in [-0.3, -0.25) is 9.59 Å². The number of esters is 2. The number of fused-ring (bicyclic) bond motifs is 1. The number of nitriles is 2. The summed E-state index contributed by atoms with van der Waals surface area (Å²) in [5.41, 5.74) is -3.96. The van der Waals surface area contributed by atoms with Gasteiger partial charge < -0.3 is 9.47 Å². The minimum absolute atomic E-state index is 0.391. The zero-order valence-electron chi connectivity index (χ0n) is 13.4. The molecule has 0 spiro atoms. The highest BCUT2D eigenvalue weighted by Crippen LogP contribution is 2.77. The Labute approximate surface area is 139 Å². The molecule has 2 atom stereocenters. The molecule has 24 heavy (non-hydrogen) atoms. The summed E-state index contributed by atoms with van der Waals surface area (Å²) in [5, 5.41) is 19.9. The van der Waals surface area contributed by atoms with Crippen molar-refractivity contribution in [3.63, 3.8) is 0 Å². The van der Waals surface area contributed by atoms with E-state index in [1.54, 1.807) is 12.1 Å². The molecule has 3 aliphatic carbocycles. The van der Waals surface area contributed by atoms with Gasteiger partial charge >= 0.3 is 11.9 Å². The zero-order valence-corrected chi connectivity index (χ0v) is 13.4. The fourth-order valence-corrected chi connectivity index (χ4v) is 4.74. The lowest BCUT2D eigenvalue weighted by Gasteiger charge is -2.43. The molecule has 3 fully saturated rings. The minimum atomic E-state index is -1.93. The van der Waals surface area contributed by atoms with Crippen molar-refractivity contribution in [1.29, 1.82) is 10.5 Å². The predicted molar refractivity (Wildman–Crippen MR) is 81.0 cm³/mol. The number of hydrogen-bond donors (Lipinski definition) is 0. The van der Waals surface area contributed by atoms with Crippen LogP contribution >= 0.6 is 0 Å². The highest BCUT2D eigenvalue weighted by molar-refractivity contribution is 5.97. The van der Waals surface area contributed by atoms with E-state index in [1.165, 1.54) is 0 Å². The molecular weight excluding hydrogens is 308 g/mol. The minimum Gasteiger partial charge on any atom is -0.468 e. The number of methoxy groups -OCH3 is 2. The number of carbonyl (C=O) groups is 2. The molecule has 0 radical (unpaired) electrons. The van der Waals surface area contributed by atoms with Gasteiger partial charge in [-0.05, 0) is 24.3 Å². The summed E-state index contributed by atoms with van der Waals surface area (Å²) in [6.07, 6.45) is 0.782. The van der Waals surface area contributed by atoms with E-state index in [-0.39, 0.29) is 0 Å². The summed E-state index contributed by atoms with van der Waals surface area (Å²) in [7, 11) is 2.32. The lowest BCUT2D eigenvalue weighted by atomic mass is 9.56. The van der Waals surface area contributed by atoms with Crippen LogP contribution in [0.4, 0.5) is 0 Å². The third-order valence-electron chi connectivity index (χ3n) is 5.78. The molecular formula is C18H16N2O4. The first-order chi connectivity index (χ1) is 11.5. The second kappa shape index (κ2) is 5.07. The van der Waals surface area contributed by atoms with Crippen molar-refractivity contribution in [3.05, 3.63) is 35.9 Å². The van der Waals surface area contributed by atoms with Gasteiger partial charge in [0.15, 0.2) is 10.8 Å². The monoisotopic (exact) mass is 324 g/mol. The van der Waals surface area contributed by atoms with Crippen LogP contribution in [0.3, 0.4) is 0 Å². The van der Waals surface area contributed by atoms with Crippen LogP contribution in [0.15, 0.2) is 30.3 Å². The number of carbonyl (C=O) groups excluding carboxylic acids is 2. The summed E-state index contributed by atoms with van der Waals surface area (Å²) < 4.78 is 9.74. The summed E-state index contributed by atoms with van der Waals surface area (Å²) in [4.78, 5) is 25.3. The average Bonchev–Trinajstić information content (AvgIpc) is 3.02. The van der Waals surface area contributed by atoms with Gasteiger partial charge in [0.05, 0.1) is 26.4 Å². The molecule has 0 amide bonds. The summed E-state index contributed by atoms with van der Waals surface area (Å²) in [6.45, 7) is 0. The van der Waals surface area contributed by atoms with Crippen LogP contribution < -0.4 is 0 Å². The Morgan fingerprint density at radius 3 is 2.08 bits per heavy atom. The van der Waals surface area contributed by atoms with Crippen LogP contribution in [0, 0.1) is 39.4 Å². The van der Waals surface area contributed by atoms with Gasteiger partial charge in [-0.2, -0.15) is 10.5 Å². The topological polar surface area (TPSA) is 100 Å². The Morgan fingerprint density at radius 2 is 1.62 bits per heavy atom. The lowest BCUT2D eigenvalue weighted by Crippen LogP contribution is -2.54. The molecule has 0 aliphatic heterocycles. The number of nitrogens with zero attached hydrogens (tertiary/aromatic N) is 2. The van der Waals surface area contributed by atoms with E-state index in [9.17, 15) is 20.1 Å². The second-order valence-electron chi connectivity index (χ2n) is 6.32. The van der Waals surface area contributed by atoms with Crippen LogP contribution in [0.2, 0.25) is 0 Å². The lowest BCUT2D eigenvalue weighted by molar-refractivity contribution is -0.166. The van der Waals surface area contributed by atoms with Crippen LogP contribution in [-0.2, 0) is 24.5 Å². The number of rotatable bonds is 3. The number of ether oxygens (including phenoxy) is 2. The van der Waals surface area contributed by atoms with Gasteiger partial charge in [0, 0.05) is 5.41 Å². The summed E-state index contributed by atoms with van der Waals surface area (Å²) in [6, 6.07) is 13.1. The van der Waals surface area contributed by atoms with E-state index < -0.39 is 34.1 Å². The van der Waals surface area contributed by atoms with Crippen LogP contribution in [0.1, 0.15) is 18.4 Å². The van der Waals surface area contributed by atoms with Crippen LogP contribution in [-0.4, -0.2) is 26.2 Å². The van der Waals surface area contributed by atoms with E-state index in [1.807, 2.05) is 30.3 Å². The van der Waals surface area contributed by atoms with Gasteiger partial charge in [-0.15, -0.1) is 0 Å². The normalized spacial score (nSPS) is 35.9. The molecule has 3 aliphatic rings. The van der Waals surface area contributed by atoms with Crippen molar-refractivity contribution in [2.24, 2.45) is 16.7 Å². The Balaban J connectivity index is 2.34. The summed E-state index contributed by atoms with van der Waals surface area (Å²) in [5.74, 6) is -2.13. The van der Waals surface area contributed by atoms with Gasteiger partial charge in [0.2, 0.25) is 0 Å². The van der Waals surface area contributed by atoms with E-state index in [4.69, 9.17) is 9.47 Å². The molecule has 3 saturated carbocycles. The molecule has 6 heteroatoms. The molecule has 4 rings (SSSR count).